The average Bonchev–Trinajstić information content (AvgIpc) is 3.28. The number of anilines is 1. The van der Waals surface area contributed by atoms with E-state index in [0.717, 1.165) is 28.1 Å². The molecule has 2 heterocycles. The highest BCUT2D eigenvalue weighted by Crippen LogP contribution is 2.34. The van der Waals surface area contributed by atoms with E-state index in [-0.39, 0.29) is 5.91 Å². The van der Waals surface area contributed by atoms with Crippen LogP contribution in [0.3, 0.4) is 0 Å². The third-order valence-electron chi connectivity index (χ3n) is 5.51. The van der Waals surface area contributed by atoms with Gasteiger partial charge in [0, 0.05) is 21.9 Å². The van der Waals surface area contributed by atoms with Crippen LogP contribution in [0.15, 0.2) is 36.4 Å². The molecular formula is C24H27N3O4S. The molecule has 1 aliphatic rings. The molecular weight excluding hydrogens is 426 g/mol. The van der Waals surface area contributed by atoms with E-state index < -0.39 is 10.8 Å². The second-order valence-corrected chi connectivity index (χ2v) is 9.07. The van der Waals surface area contributed by atoms with Crippen LogP contribution in [0.2, 0.25) is 0 Å². The highest BCUT2D eigenvalue weighted by atomic mass is 32.2. The highest BCUT2D eigenvalue weighted by Gasteiger charge is 2.29. The van der Waals surface area contributed by atoms with Crippen molar-refractivity contribution >= 4 is 22.5 Å². The van der Waals surface area contributed by atoms with E-state index in [1.54, 1.807) is 22.9 Å². The summed E-state index contributed by atoms with van der Waals surface area (Å²) in [4.78, 5) is 13.2. The van der Waals surface area contributed by atoms with Crippen molar-refractivity contribution < 1.29 is 18.5 Å². The van der Waals surface area contributed by atoms with Gasteiger partial charge in [0.1, 0.15) is 5.82 Å². The molecule has 0 spiro atoms. The Balaban J connectivity index is 1.73. The largest absolute Gasteiger partial charge is 0.490 e. The minimum absolute atomic E-state index is 0.291. The summed E-state index contributed by atoms with van der Waals surface area (Å²) in [5, 5.41) is 7.73. The average molecular weight is 454 g/mol. The Morgan fingerprint density at radius 2 is 1.84 bits per heavy atom. The molecule has 0 saturated heterocycles. The minimum Gasteiger partial charge on any atom is -0.490 e. The van der Waals surface area contributed by atoms with Crippen molar-refractivity contribution in [1.29, 1.82) is 0 Å². The first-order chi connectivity index (χ1) is 15.4. The molecule has 3 aromatic rings. The predicted molar refractivity (Wildman–Crippen MR) is 125 cm³/mol. The number of aryl methyl sites for hydroxylation is 1. The molecule has 0 unspecified atom stereocenters. The molecule has 168 valence electrons. The Morgan fingerprint density at radius 1 is 1.09 bits per heavy atom. The number of aromatic nitrogens is 2. The van der Waals surface area contributed by atoms with Crippen LogP contribution in [-0.4, -0.2) is 33.1 Å². The van der Waals surface area contributed by atoms with E-state index in [9.17, 15) is 9.00 Å². The third-order valence-corrected chi connectivity index (χ3v) is 6.72. The van der Waals surface area contributed by atoms with Gasteiger partial charge in [0.25, 0.3) is 5.91 Å². The second-order valence-electron chi connectivity index (χ2n) is 7.61. The maximum absolute atomic E-state index is 13.2. The molecule has 8 heteroatoms. The summed E-state index contributed by atoms with van der Waals surface area (Å²) in [5.74, 6) is 2.17. The number of ether oxygens (including phenoxy) is 2. The number of carbonyl (C=O) groups is 1. The van der Waals surface area contributed by atoms with Crippen LogP contribution < -0.4 is 14.8 Å². The Labute approximate surface area is 190 Å². The lowest BCUT2D eigenvalue weighted by Crippen LogP contribution is -2.17. The lowest BCUT2D eigenvalue weighted by atomic mass is 10.1. The zero-order valence-electron chi connectivity index (χ0n) is 18.7. The Morgan fingerprint density at radius 3 is 2.59 bits per heavy atom. The lowest BCUT2D eigenvalue weighted by Gasteiger charge is -2.15. The fourth-order valence-corrected chi connectivity index (χ4v) is 5.03. The number of benzene rings is 2. The van der Waals surface area contributed by atoms with Crippen LogP contribution in [0.5, 0.6) is 11.5 Å². The van der Waals surface area contributed by atoms with Crippen molar-refractivity contribution in [3.8, 4) is 17.2 Å². The van der Waals surface area contributed by atoms with Crippen LogP contribution in [0.1, 0.15) is 46.6 Å². The van der Waals surface area contributed by atoms with Crippen molar-refractivity contribution in [3.05, 3.63) is 64.3 Å². The summed E-state index contributed by atoms with van der Waals surface area (Å²) < 4.78 is 25.2. The normalized spacial score (nSPS) is 14.8. The minimum atomic E-state index is -1.01. The van der Waals surface area contributed by atoms with Crippen LogP contribution >= 0.6 is 0 Å². The molecule has 32 heavy (non-hydrogen) atoms. The molecule has 0 aliphatic carbocycles. The summed E-state index contributed by atoms with van der Waals surface area (Å²) >= 11 is 0. The molecule has 1 amide bonds. The van der Waals surface area contributed by atoms with Gasteiger partial charge in [-0.3, -0.25) is 9.00 Å². The quantitative estimate of drug-likeness (QED) is 0.577. The number of rotatable bonds is 7. The standard InChI is InChI=1S/C24H27N3O4S/c1-5-30-21-11-10-17(12-22(21)31-6-2)24(28)25-23-18-13-32(29)14-19(18)26-27(23)20-9-7-8-15(3)16(20)4/h7-12H,5-6,13-14H2,1-4H3,(H,25,28)/t32-/m1/s1. The number of carbonyl (C=O) groups excluding carboxylic acids is 1. The molecule has 0 fully saturated rings. The Kier molecular flexibility index (Phi) is 6.32. The van der Waals surface area contributed by atoms with Gasteiger partial charge in [-0.05, 0) is 63.1 Å². The molecule has 1 N–H and O–H groups in total. The SMILES string of the molecule is CCOc1ccc(C(=O)Nc2c3c(nn2-c2cccc(C)c2C)C[S@](=O)C3)cc1OCC. The van der Waals surface area contributed by atoms with E-state index >= 15 is 0 Å². The monoisotopic (exact) mass is 453 g/mol. The fourth-order valence-electron chi connectivity index (χ4n) is 3.77. The van der Waals surface area contributed by atoms with Gasteiger partial charge in [0.05, 0.1) is 36.1 Å². The first-order valence-electron chi connectivity index (χ1n) is 10.7. The third kappa shape index (κ3) is 4.14. The maximum atomic E-state index is 13.2. The van der Waals surface area contributed by atoms with E-state index in [4.69, 9.17) is 14.6 Å². The number of nitrogens with zero attached hydrogens (tertiary/aromatic N) is 2. The number of nitrogens with one attached hydrogen (secondary N) is 1. The maximum Gasteiger partial charge on any atom is 0.256 e. The van der Waals surface area contributed by atoms with Gasteiger partial charge in [-0.2, -0.15) is 5.10 Å². The second kappa shape index (κ2) is 9.16. The molecule has 0 radical (unpaired) electrons. The van der Waals surface area contributed by atoms with Crippen LogP contribution in [-0.2, 0) is 22.3 Å². The Hall–Kier alpha value is -3.13. The molecule has 7 nitrogen and oxygen atoms in total. The molecule has 0 bridgehead atoms. The summed E-state index contributed by atoms with van der Waals surface area (Å²) in [6.07, 6.45) is 0. The summed E-state index contributed by atoms with van der Waals surface area (Å²) in [6, 6.07) is 11.1. The summed E-state index contributed by atoms with van der Waals surface area (Å²) in [6.45, 7) is 8.82. The van der Waals surface area contributed by atoms with Gasteiger partial charge in [-0.15, -0.1) is 0 Å². The summed E-state index contributed by atoms with van der Waals surface area (Å²) in [5.41, 5.74) is 5.13. The van der Waals surface area contributed by atoms with Gasteiger partial charge < -0.3 is 14.8 Å². The van der Waals surface area contributed by atoms with Crippen molar-refractivity contribution in [2.24, 2.45) is 0 Å². The lowest BCUT2D eigenvalue weighted by molar-refractivity contribution is 0.102. The molecule has 1 atom stereocenters. The number of hydrogen-bond donors (Lipinski definition) is 1. The molecule has 1 aliphatic heterocycles. The van der Waals surface area contributed by atoms with Gasteiger partial charge in [0.15, 0.2) is 11.5 Å². The first-order valence-corrected chi connectivity index (χ1v) is 12.1. The van der Waals surface area contributed by atoms with Gasteiger partial charge >= 0.3 is 0 Å². The predicted octanol–water partition coefficient (Wildman–Crippen LogP) is 4.30. The van der Waals surface area contributed by atoms with E-state index in [1.165, 1.54) is 0 Å². The zero-order valence-corrected chi connectivity index (χ0v) is 19.5. The molecule has 4 rings (SSSR count). The van der Waals surface area contributed by atoms with E-state index in [2.05, 4.69) is 5.32 Å². The van der Waals surface area contributed by atoms with Crippen LogP contribution in [0.25, 0.3) is 5.69 Å². The zero-order chi connectivity index (χ0) is 22.8. The number of hydrogen-bond acceptors (Lipinski definition) is 5. The first kappa shape index (κ1) is 22.1. The van der Waals surface area contributed by atoms with Crippen molar-refractivity contribution in [3.63, 3.8) is 0 Å². The fraction of sp³-hybridized carbons (Fsp3) is 0.333. The van der Waals surface area contributed by atoms with Gasteiger partial charge in [0.2, 0.25) is 0 Å². The number of fused-ring (bicyclic) bond motifs is 1. The number of amides is 1. The van der Waals surface area contributed by atoms with E-state index in [1.807, 2.05) is 45.9 Å². The topological polar surface area (TPSA) is 82.5 Å². The van der Waals surface area contributed by atoms with Crippen LogP contribution in [0, 0.1) is 13.8 Å². The Bertz CT molecular complexity index is 1200. The molecule has 2 aromatic carbocycles. The van der Waals surface area contributed by atoms with Crippen molar-refractivity contribution in [1.82, 2.24) is 9.78 Å². The van der Waals surface area contributed by atoms with Crippen molar-refractivity contribution in [2.75, 3.05) is 18.5 Å². The molecule has 0 saturated carbocycles. The van der Waals surface area contributed by atoms with Gasteiger partial charge in [-0.1, -0.05) is 12.1 Å². The smallest absolute Gasteiger partial charge is 0.256 e. The van der Waals surface area contributed by atoms with E-state index in [0.29, 0.717) is 47.6 Å². The summed E-state index contributed by atoms with van der Waals surface area (Å²) in [7, 11) is -1.01. The van der Waals surface area contributed by atoms with Crippen LogP contribution in [0.4, 0.5) is 5.82 Å². The molecule has 1 aromatic heterocycles. The highest BCUT2D eigenvalue weighted by molar-refractivity contribution is 7.83. The van der Waals surface area contributed by atoms with Gasteiger partial charge in [-0.25, -0.2) is 4.68 Å². The van der Waals surface area contributed by atoms with Crippen molar-refractivity contribution in [2.45, 2.75) is 39.2 Å².